The van der Waals surface area contributed by atoms with Gasteiger partial charge in [0.1, 0.15) is 0 Å². The highest BCUT2D eigenvalue weighted by Gasteiger charge is 2.32. The summed E-state index contributed by atoms with van der Waals surface area (Å²) in [5.41, 5.74) is 6.93. The molecule has 0 radical (unpaired) electrons. The van der Waals surface area contributed by atoms with Crippen molar-refractivity contribution < 1.29 is 4.79 Å². The first kappa shape index (κ1) is 26.0. The van der Waals surface area contributed by atoms with Gasteiger partial charge in [0, 0.05) is 17.5 Å². The van der Waals surface area contributed by atoms with E-state index in [9.17, 15) is 4.79 Å². The van der Waals surface area contributed by atoms with E-state index in [1.54, 1.807) is 11.1 Å². The summed E-state index contributed by atoms with van der Waals surface area (Å²) < 4.78 is 0. The van der Waals surface area contributed by atoms with Crippen LogP contribution in [0.2, 0.25) is 0 Å². The average molecular weight is 404 g/mol. The Kier molecular flexibility index (Phi) is 8.05. The second-order valence-corrected chi connectivity index (χ2v) is 13.1. The van der Waals surface area contributed by atoms with Gasteiger partial charge in [-0.2, -0.15) is 0 Å². The van der Waals surface area contributed by atoms with E-state index in [4.69, 9.17) is 0 Å². The monoisotopic (exact) mass is 403 g/mol. The molecule has 0 aromatic heterocycles. The highest BCUT2D eigenvalue weighted by Crippen LogP contribution is 2.44. The summed E-state index contributed by atoms with van der Waals surface area (Å²) in [5.74, 6) is 0.160. The third-order valence-electron chi connectivity index (χ3n) is 6.10. The van der Waals surface area contributed by atoms with E-state index in [0.717, 1.165) is 12.1 Å². The minimum absolute atomic E-state index is 0.0265. The Morgan fingerprint density at radius 2 is 0.897 bits per heavy atom. The summed E-state index contributed by atoms with van der Waals surface area (Å²) in [7, 11) is 0. The molecule has 1 aliphatic heterocycles. The van der Waals surface area contributed by atoms with Crippen molar-refractivity contribution in [2.45, 2.75) is 122 Å². The molecular weight excluding hydrogens is 354 g/mol. The van der Waals surface area contributed by atoms with E-state index in [-0.39, 0.29) is 16.7 Å². The maximum absolute atomic E-state index is 11.4. The smallest absolute Gasteiger partial charge is 0.224 e. The van der Waals surface area contributed by atoms with Gasteiger partial charge >= 0.3 is 0 Å². The minimum atomic E-state index is 0.0265. The normalized spacial score (nSPS) is 19.7. The molecule has 1 N–H and O–H groups in total. The molecule has 2 rings (SSSR count). The second-order valence-electron chi connectivity index (χ2n) is 13.1. The van der Waals surface area contributed by atoms with Gasteiger partial charge in [-0.15, -0.1) is 0 Å². The lowest BCUT2D eigenvalue weighted by Gasteiger charge is -2.36. The zero-order valence-electron chi connectivity index (χ0n) is 21.7. The van der Waals surface area contributed by atoms with Crippen molar-refractivity contribution in [3.8, 4) is 0 Å². The number of hydrogen-bond donors (Lipinski definition) is 1. The van der Waals surface area contributed by atoms with Crippen LogP contribution in [0.15, 0.2) is 22.4 Å². The number of carbonyl (C=O) groups is 1. The summed E-state index contributed by atoms with van der Waals surface area (Å²) in [5, 5.41) is 3.05. The quantitative estimate of drug-likeness (QED) is 0.406. The van der Waals surface area contributed by atoms with Gasteiger partial charge in [-0.3, -0.25) is 4.79 Å². The van der Waals surface area contributed by atoms with Crippen molar-refractivity contribution in [1.29, 1.82) is 0 Å². The molecule has 0 saturated carbocycles. The molecule has 0 saturated heterocycles. The first-order chi connectivity index (χ1) is 12.8. The maximum atomic E-state index is 11.4. The van der Waals surface area contributed by atoms with E-state index in [2.05, 4.69) is 88.4 Å². The number of hydrogen-bond acceptors (Lipinski definition) is 1. The fourth-order valence-corrected chi connectivity index (χ4v) is 4.59. The highest BCUT2D eigenvalue weighted by atomic mass is 16.1. The Morgan fingerprint density at radius 3 is 1.21 bits per heavy atom. The van der Waals surface area contributed by atoms with Crippen LogP contribution in [0.1, 0.15) is 122 Å². The highest BCUT2D eigenvalue weighted by molar-refractivity contribution is 5.80. The van der Waals surface area contributed by atoms with E-state index in [1.165, 1.54) is 31.3 Å². The number of allylic oxidation sites excluding steroid dienone is 4. The molecule has 2 heteroatoms. The minimum Gasteiger partial charge on any atom is -0.329 e. The summed E-state index contributed by atoms with van der Waals surface area (Å²) in [6.07, 6.45) is 6.98. The third-order valence-corrected chi connectivity index (χ3v) is 6.10. The van der Waals surface area contributed by atoms with Gasteiger partial charge in [0.05, 0.1) is 0 Å². The second kappa shape index (κ2) is 8.98. The van der Waals surface area contributed by atoms with E-state index in [1.807, 2.05) is 0 Å². The molecule has 0 unspecified atom stereocenters. The lowest BCUT2D eigenvalue weighted by Crippen LogP contribution is -2.37. The van der Waals surface area contributed by atoms with E-state index < -0.39 is 0 Å². The Balaban J connectivity index is 0.000000291. The zero-order chi connectivity index (χ0) is 22.8. The molecule has 2 aliphatic rings. The van der Waals surface area contributed by atoms with E-state index in [0.29, 0.717) is 17.3 Å². The largest absolute Gasteiger partial charge is 0.329 e. The standard InChI is InChI=1S/C14H26.C13H23NO/c1-13(2,3)11-9-7-8-10-12(11)14(4,5)6;1-12(2,3)9-7-8-10(15)14-11(9)13(4,5)6/h7-10H2,1-6H3;7-8H2,1-6H3,(H,14,15). The molecule has 168 valence electrons. The first-order valence-corrected chi connectivity index (χ1v) is 11.6. The van der Waals surface area contributed by atoms with Crippen LogP contribution in [0.4, 0.5) is 0 Å². The average Bonchev–Trinajstić information content (AvgIpc) is 2.52. The number of rotatable bonds is 0. The van der Waals surface area contributed by atoms with Crippen molar-refractivity contribution in [3.63, 3.8) is 0 Å². The topological polar surface area (TPSA) is 29.1 Å². The van der Waals surface area contributed by atoms with Crippen molar-refractivity contribution in [2.75, 3.05) is 0 Å². The van der Waals surface area contributed by atoms with E-state index >= 15 is 0 Å². The van der Waals surface area contributed by atoms with Crippen LogP contribution in [0, 0.1) is 21.7 Å². The fraction of sp³-hybridized carbons (Fsp3) is 0.815. The van der Waals surface area contributed by atoms with Crippen molar-refractivity contribution in [3.05, 3.63) is 22.4 Å². The molecule has 0 aromatic rings. The molecular formula is C27H49NO. The summed E-state index contributed by atoms with van der Waals surface area (Å²) in [6, 6.07) is 0. The van der Waals surface area contributed by atoms with Gasteiger partial charge in [-0.1, -0.05) is 94.2 Å². The Morgan fingerprint density at radius 1 is 0.517 bits per heavy atom. The Labute approximate surface area is 182 Å². The van der Waals surface area contributed by atoms with Crippen LogP contribution in [0.25, 0.3) is 0 Å². The number of amides is 1. The van der Waals surface area contributed by atoms with Crippen LogP contribution in [0.5, 0.6) is 0 Å². The van der Waals surface area contributed by atoms with Crippen LogP contribution >= 0.6 is 0 Å². The predicted octanol–water partition coefficient (Wildman–Crippen LogP) is 8.19. The fourth-order valence-electron chi connectivity index (χ4n) is 4.59. The van der Waals surface area contributed by atoms with Gasteiger partial charge in [-0.25, -0.2) is 0 Å². The number of nitrogens with one attached hydrogen (secondary N) is 1. The van der Waals surface area contributed by atoms with Crippen LogP contribution in [-0.4, -0.2) is 5.91 Å². The molecule has 0 aromatic carbocycles. The number of carbonyl (C=O) groups excluding carboxylic acids is 1. The molecule has 2 nitrogen and oxygen atoms in total. The van der Waals surface area contributed by atoms with Gasteiger partial charge in [0.15, 0.2) is 0 Å². The first-order valence-electron chi connectivity index (χ1n) is 11.6. The summed E-state index contributed by atoms with van der Waals surface area (Å²) in [4.78, 5) is 11.4. The predicted molar refractivity (Wildman–Crippen MR) is 128 cm³/mol. The zero-order valence-corrected chi connectivity index (χ0v) is 21.7. The molecule has 1 aliphatic carbocycles. The molecule has 0 atom stereocenters. The maximum Gasteiger partial charge on any atom is 0.224 e. The van der Waals surface area contributed by atoms with Gasteiger partial charge in [0.25, 0.3) is 0 Å². The van der Waals surface area contributed by atoms with Crippen molar-refractivity contribution in [1.82, 2.24) is 5.32 Å². The summed E-state index contributed by atoms with van der Waals surface area (Å²) in [6.45, 7) is 27.3. The molecule has 0 spiro atoms. The molecule has 1 amide bonds. The Bertz CT molecular complexity index is 623. The summed E-state index contributed by atoms with van der Waals surface area (Å²) >= 11 is 0. The van der Waals surface area contributed by atoms with Crippen molar-refractivity contribution >= 4 is 5.91 Å². The molecule has 29 heavy (non-hydrogen) atoms. The van der Waals surface area contributed by atoms with Gasteiger partial charge in [0.2, 0.25) is 5.91 Å². The van der Waals surface area contributed by atoms with Crippen LogP contribution in [0.3, 0.4) is 0 Å². The van der Waals surface area contributed by atoms with Gasteiger partial charge in [-0.05, 0) is 53.9 Å². The Hall–Kier alpha value is -1.05. The SMILES string of the molecule is CC(C)(C)C1=C(C(C)(C)C)CCCC1.CC(C)(C)C1=C(C(C)(C)C)NC(=O)CC1. The lowest BCUT2D eigenvalue weighted by atomic mass is 9.69. The van der Waals surface area contributed by atoms with Crippen LogP contribution in [-0.2, 0) is 4.79 Å². The molecule has 1 heterocycles. The van der Waals surface area contributed by atoms with Gasteiger partial charge < -0.3 is 5.32 Å². The van der Waals surface area contributed by atoms with Crippen molar-refractivity contribution in [2.24, 2.45) is 21.7 Å². The molecule has 0 bridgehead atoms. The lowest BCUT2D eigenvalue weighted by molar-refractivity contribution is -0.121. The van der Waals surface area contributed by atoms with Crippen LogP contribution < -0.4 is 5.32 Å². The molecule has 0 fully saturated rings. The third kappa shape index (κ3) is 7.61.